The van der Waals surface area contributed by atoms with E-state index >= 15 is 0 Å². The molecule has 0 spiro atoms. The molecule has 0 saturated carbocycles. The van der Waals surface area contributed by atoms with Gasteiger partial charge in [0.1, 0.15) is 6.61 Å². The van der Waals surface area contributed by atoms with Crippen molar-refractivity contribution in [2.45, 2.75) is 6.42 Å². The summed E-state index contributed by atoms with van der Waals surface area (Å²) < 4.78 is 20.3. The Morgan fingerprint density at radius 3 is 2.39 bits per heavy atom. The largest absolute Gasteiger partial charge is 0.493 e. The molecule has 1 aliphatic rings. The zero-order valence-electron chi connectivity index (χ0n) is 18.8. The molecule has 1 saturated heterocycles. The van der Waals surface area contributed by atoms with Gasteiger partial charge in [-0.25, -0.2) is 4.79 Å². The van der Waals surface area contributed by atoms with Crippen molar-refractivity contribution in [1.82, 2.24) is 0 Å². The van der Waals surface area contributed by atoms with Gasteiger partial charge in [-0.3, -0.25) is 14.9 Å². The number of hydrogen-bond donors (Lipinski definition) is 2. The minimum atomic E-state index is -0.623. The summed E-state index contributed by atoms with van der Waals surface area (Å²) in [4.78, 5) is 38.7. The zero-order chi connectivity index (χ0) is 23.8. The third-order valence-corrected chi connectivity index (χ3v) is 5.07. The van der Waals surface area contributed by atoms with Gasteiger partial charge in [-0.1, -0.05) is 6.07 Å². The summed E-state index contributed by atoms with van der Waals surface area (Å²) in [5, 5.41) is 5.40. The van der Waals surface area contributed by atoms with E-state index in [1.807, 2.05) is 0 Å². The van der Waals surface area contributed by atoms with E-state index in [1.54, 1.807) is 47.4 Å². The molecule has 1 unspecified atom stereocenters. The molecule has 10 heteroatoms. The van der Waals surface area contributed by atoms with Crippen LogP contribution in [0.3, 0.4) is 0 Å². The van der Waals surface area contributed by atoms with E-state index in [9.17, 15) is 14.4 Å². The first-order chi connectivity index (χ1) is 15.9. The van der Waals surface area contributed by atoms with E-state index in [0.717, 1.165) is 0 Å². The fourth-order valence-corrected chi connectivity index (χ4v) is 3.42. The second kappa shape index (κ2) is 11.2. The summed E-state index contributed by atoms with van der Waals surface area (Å²) in [6, 6.07) is 11.8. The highest BCUT2D eigenvalue weighted by atomic mass is 16.6. The number of carbonyl (C=O) groups excluding carboxylic acids is 3. The van der Waals surface area contributed by atoms with Crippen LogP contribution in [-0.4, -0.2) is 59.0 Å². The van der Waals surface area contributed by atoms with Crippen molar-refractivity contribution in [3.63, 3.8) is 0 Å². The maximum atomic E-state index is 12.8. The molecular weight excluding hydrogens is 430 g/mol. The number of nitrogens with one attached hydrogen (secondary N) is 2. The minimum Gasteiger partial charge on any atom is -0.493 e. The highest BCUT2D eigenvalue weighted by Crippen LogP contribution is 2.34. The fraction of sp³-hybridized carbons (Fsp3) is 0.348. The Labute approximate surface area is 191 Å². The van der Waals surface area contributed by atoms with Gasteiger partial charge < -0.3 is 29.2 Å². The number of carbonyl (C=O) groups is 3. The molecule has 3 amide bonds. The normalized spacial score (nSPS) is 15.2. The standard InChI is InChI=1S/C23H27N3O7/c1-30-9-10-33-23(29)25-17-6-4-5-16(12-17)24-22(28)15-11-21(27)26(14-15)18-7-8-19(31-2)20(13-18)32-3/h4-8,12-13,15H,9-11,14H2,1-3H3,(H,24,28)(H,25,29). The molecule has 10 nitrogen and oxygen atoms in total. The summed E-state index contributed by atoms with van der Waals surface area (Å²) >= 11 is 0. The van der Waals surface area contributed by atoms with Crippen LogP contribution in [0, 0.1) is 5.92 Å². The molecule has 176 valence electrons. The Morgan fingerprint density at radius 2 is 1.70 bits per heavy atom. The number of anilines is 3. The maximum Gasteiger partial charge on any atom is 0.411 e. The first-order valence-electron chi connectivity index (χ1n) is 10.3. The number of benzene rings is 2. The molecule has 33 heavy (non-hydrogen) atoms. The summed E-state index contributed by atoms with van der Waals surface area (Å²) in [5.41, 5.74) is 1.59. The van der Waals surface area contributed by atoms with Crippen LogP contribution in [0.2, 0.25) is 0 Å². The average Bonchev–Trinajstić information content (AvgIpc) is 3.20. The molecule has 0 aromatic heterocycles. The van der Waals surface area contributed by atoms with Crippen LogP contribution in [0.15, 0.2) is 42.5 Å². The minimum absolute atomic E-state index is 0.0872. The van der Waals surface area contributed by atoms with Gasteiger partial charge in [0.25, 0.3) is 0 Å². The summed E-state index contributed by atoms with van der Waals surface area (Å²) in [5.74, 6) is 0.0861. The predicted molar refractivity (Wildman–Crippen MR) is 122 cm³/mol. The quantitative estimate of drug-likeness (QED) is 0.556. The molecule has 1 aliphatic heterocycles. The summed E-state index contributed by atoms with van der Waals surface area (Å²) in [6.07, 6.45) is -0.535. The highest BCUT2D eigenvalue weighted by Gasteiger charge is 2.35. The molecule has 0 bridgehead atoms. The van der Waals surface area contributed by atoms with Gasteiger partial charge in [0.2, 0.25) is 11.8 Å². The lowest BCUT2D eigenvalue weighted by molar-refractivity contribution is -0.122. The van der Waals surface area contributed by atoms with E-state index in [1.165, 1.54) is 21.3 Å². The van der Waals surface area contributed by atoms with Gasteiger partial charge in [-0.15, -0.1) is 0 Å². The Morgan fingerprint density at radius 1 is 0.970 bits per heavy atom. The van der Waals surface area contributed by atoms with Crippen LogP contribution in [0.1, 0.15) is 6.42 Å². The fourth-order valence-electron chi connectivity index (χ4n) is 3.42. The molecule has 2 aromatic rings. The van der Waals surface area contributed by atoms with Crippen LogP contribution >= 0.6 is 0 Å². The third-order valence-electron chi connectivity index (χ3n) is 5.07. The molecule has 3 rings (SSSR count). The van der Waals surface area contributed by atoms with Gasteiger partial charge in [0.15, 0.2) is 11.5 Å². The number of rotatable bonds is 9. The molecule has 0 aliphatic carbocycles. The number of amides is 3. The van der Waals surface area contributed by atoms with Gasteiger partial charge in [0.05, 0.1) is 26.7 Å². The van der Waals surface area contributed by atoms with Crippen LogP contribution in [0.4, 0.5) is 21.9 Å². The number of methoxy groups -OCH3 is 3. The van der Waals surface area contributed by atoms with E-state index in [0.29, 0.717) is 35.2 Å². The van der Waals surface area contributed by atoms with Gasteiger partial charge in [-0.05, 0) is 30.3 Å². The summed E-state index contributed by atoms with van der Waals surface area (Å²) in [6.45, 7) is 0.666. The second-order valence-corrected chi connectivity index (χ2v) is 7.27. The number of nitrogens with zero attached hydrogens (tertiary/aromatic N) is 1. The monoisotopic (exact) mass is 457 g/mol. The van der Waals surface area contributed by atoms with Gasteiger partial charge in [-0.2, -0.15) is 0 Å². The highest BCUT2D eigenvalue weighted by molar-refractivity contribution is 6.03. The molecular formula is C23H27N3O7. The zero-order valence-corrected chi connectivity index (χ0v) is 18.8. The number of ether oxygens (including phenoxy) is 4. The van der Waals surface area contributed by atoms with Crippen molar-refractivity contribution >= 4 is 35.0 Å². The van der Waals surface area contributed by atoms with E-state index in [4.69, 9.17) is 18.9 Å². The maximum absolute atomic E-state index is 12.8. The van der Waals surface area contributed by atoms with Crippen molar-refractivity contribution in [2.24, 2.45) is 5.92 Å². The summed E-state index contributed by atoms with van der Waals surface area (Å²) in [7, 11) is 4.57. The van der Waals surface area contributed by atoms with Crippen molar-refractivity contribution < 1.29 is 33.3 Å². The smallest absolute Gasteiger partial charge is 0.411 e. The first-order valence-corrected chi connectivity index (χ1v) is 10.3. The van der Waals surface area contributed by atoms with Crippen molar-refractivity contribution in [1.29, 1.82) is 0 Å². The van der Waals surface area contributed by atoms with Gasteiger partial charge in [0, 0.05) is 43.2 Å². The van der Waals surface area contributed by atoms with Crippen molar-refractivity contribution in [3.8, 4) is 11.5 Å². The van der Waals surface area contributed by atoms with Crippen molar-refractivity contribution in [3.05, 3.63) is 42.5 Å². The lowest BCUT2D eigenvalue weighted by Crippen LogP contribution is -2.28. The van der Waals surface area contributed by atoms with Crippen LogP contribution in [0.5, 0.6) is 11.5 Å². The first kappa shape index (κ1) is 23.9. The third kappa shape index (κ3) is 6.13. The van der Waals surface area contributed by atoms with E-state index in [-0.39, 0.29) is 31.4 Å². The SMILES string of the molecule is COCCOC(=O)Nc1cccc(NC(=O)C2CC(=O)N(c3ccc(OC)c(OC)c3)C2)c1. The Bertz CT molecular complexity index is 1010. The Hall–Kier alpha value is -3.79. The van der Waals surface area contributed by atoms with Crippen LogP contribution in [-0.2, 0) is 19.1 Å². The average molecular weight is 457 g/mol. The molecule has 2 N–H and O–H groups in total. The lowest BCUT2D eigenvalue weighted by Gasteiger charge is -2.18. The molecule has 1 atom stereocenters. The molecule has 2 aromatic carbocycles. The molecule has 1 fully saturated rings. The Kier molecular flexibility index (Phi) is 8.09. The topological polar surface area (TPSA) is 115 Å². The van der Waals surface area contributed by atoms with Crippen LogP contribution < -0.4 is 25.0 Å². The van der Waals surface area contributed by atoms with Crippen LogP contribution in [0.25, 0.3) is 0 Å². The second-order valence-electron chi connectivity index (χ2n) is 7.27. The predicted octanol–water partition coefficient (Wildman–Crippen LogP) is 2.89. The van der Waals surface area contributed by atoms with E-state index in [2.05, 4.69) is 10.6 Å². The van der Waals surface area contributed by atoms with Crippen molar-refractivity contribution in [2.75, 3.05) is 56.6 Å². The van der Waals surface area contributed by atoms with E-state index < -0.39 is 12.0 Å². The Balaban J connectivity index is 1.61. The lowest BCUT2D eigenvalue weighted by atomic mass is 10.1. The number of hydrogen-bond acceptors (Lipinski definition) is 7. The molecule has 0 radical (unpaired) electrons. The molecule has 1 heterocycles. The van der Waals surface area contributed by atoms with Gasteiger partial charge >= 0.3 is 6.09 Å².